The van der Waals surface area contributed by atoms with E-state index in [2.05, 4.69) is 4.74 Å². The molecule has 0 atom stereocenters. The molecule has 0 unspecified atom stereocenters. The van der Waals surface area contributed by atoms with Crippen molar-refractivity contribution in [2.45, 2.75) is 13.0 Å². The lowest BCUT2D eigenvalue weighted by molar-refractivity contribution is -0.189. The van der Waals surface area contributed by atoms with Crippen LogP contribution in [0.3, 0.4) is 0 Å². The number of ether oxygens (including phenoxy) is 1. The summed E-state index contributed by atoms with van der Waals surface area (Å²) in [7, 11) is 0. The largest absolute Gasteiger partial charge is 0.432 e. The lowest BCUT2D eigenvalue weighted by atomic mass is 9.97. The Morgan fingerprint density at radius 2 is 0.955 bits per heavy atom. The lowest BCUT2D eigenvalue weighted by Gasteiger charge is -2.21. The highest BCUT2D eigenvalue weighted by atomic mass is 19.3. The number of halogens is 11. The minimum absolute atomic E-state index is 0.171. The zero-order chi connectivity index (χ0) is 32.1. The normalized spacial score (nSPS) is 11.6. The van der Waals surface area contributed by atoms with Gasteiger partial charge in [-0.2, -0.15) is 8.78 Å². The summed E-state index contributed by atoms with van der Waals surface area (Å²) in [5.74, 6) is -14.7. The SMILES string of the molecule is Cc1ccc(-c2cc(F)c(-c3cc(F)c(C(F)(F)Oc4cc(F)c(-c5ccc(F)c(F)c5)c(F)c4)c(F)c3)c(F)c2)c(F)c1. The zero-order valence-corrected chi connectivity index (χ0v) is 22.0. The molecule has 226 valence electrons. The van der Waals surface area contributed by atoms with Crippen LogP contribution in [0.1, 0.15) is 11.1 Å². The van der Waals surface area contributed by atoms with E-state index in [9.17, 15) is 48.3 Å². The van der Waals surface area contributed by atoms with Crippen LogP contribution in [0, 0.1) is 59.3 Å². The van der Waals surface area contributed by atoms with Gasteiger partial charge in [0.15, 0.2) is 11.6 Å². The third kappa shape index (κ3) is 5.71. The van der Waals surface area contributed by atoms with Crippen LogP contribution in [0.25, 0.3) is 33.4 Å². The second kappa shape index (κ2) is 11.3. The van der Waals surface area contributed by atoms with Gasteiger partial charge in [-0.3, -0.25) is 0 Å². The summed E-state index contributed by atoms with van der Waals surface area (Å²) in [5, 5.41) is 0. The van der Waals surface area contributed by atoms with Gasteiger partial charge in [-0.25, -0.2) is 39.5 Å². The average molecular weight is 624 g/mol. The fourth-order valence-corrected chi connectivity index (χ4v) is 4.59. The molecule has 0 N–H and O–H groups in total. The van der Waals surface area contributed by atoms with E-state index in [1.54, 1.807) is 6.92 Å². The third-order valence-corrected chi connectivity index (χ3v) is 6.57. The van der Waals surface area contributed by atoms with Gasteiger partial charge in [-0.15, -0.1) is 0 Å². The Balaban J connectivity index is 1.47. The molecule has 5 rings (SSSR count). The van der Waals surface area contributed by atoms with E-state index < -0.39 is 92.0 Å². The summed E-state index contributed by atoms with van der Waals surface area (Å²) in [6.07, 6.45) is -4.92. The van der Waals surface area contributed by atoms with Crippen molar-refractivity contribution in [2.75, 3.05) is 0 Å². The van der Waals surface area contributed by atoms with Crippen molar-refractivity contribution in [3.05, 3.63) is 136 Å². The molecule has 5 aromatic rings. The maximum Gasteiger partial charge on any atom is 0.432 e. The lowest BCUT2D eigenvalue weighted by Crippen LogP contribution is -2.25. The van der Waals surface area contributed by atoms with Crippen molar-refractivity contribution in [2.24, 2.45) is 0 Å². The van der Waals surface area contributed by atoms with E-state index in [4.69, 9.17) is 0 Å². The standard InChI is InChI=1S/C32H15F11O/c1-14-2-4-19(21(34)6-14)16-8-23(36)30(24(37)9-16)17-10-27(40)31(28(41)11-17)32(42,43)44-18-12-25(38)29(26(39)13-18)15-3-5-20(33)22(35)7-15/h2-13H,1H3. The highest BCUT2D eigenvalue weighted by Gasteiger charge is 2.42. The summed E-state index contributed by atoms with van der Waals surface area (Å²) in [5.41, 5.74) is -5.19. The number of benzene rings is 5. The maximum atomic E-state index is 15.0. The Hall–Kier alpha value is -4.87. The Kier molecular flexibility index (Phi) is 7.87. The summed E-state index contributed by atoms with van der Waals surface area (Å²) in [6.45, 7) is 1.59. The quantitative estimate of drug-likeness (QED) is 0.171. The Morgan fingerprint density at radius 1 is 0.455 bits per heavy atom. The van der Waals surface area contributed by atoms with Gasteiger partial charge in [0.25, 0.3) is 0 Å². The van der Waals surface area contributed by atoms with Gasteiger partial charge in [0.05, 0.1) is 11.1 Å². The fraction of sp³-hybridized carbons (Fsp3) is 0.0625. The van der Waals surface area contributed by atoms with Crippen molar-refractivity contribution in [1.29, 1.82) is 0 Å². The summed E-state index contributed by atoms with van der Waals surface area (Å²) >= 11 is 0. The Morgan fingerprint density at radius 3 is 1.50 bits per heavy atom. The molecule has 44 heavy (non-hydrogen) atoms. The number of rotatable bonds is 6. The highest BCUT2D eigenvalue weighted by Crippen LogP contribution is 2.40. The van der Waals surface area contributed by atoms with E-state index in [0.717, 1.165) is 12.1 Å². The molecule has 12 heteroatoms. The fourth-order valence-electron chi connectivity index (χ4n) is 4.59. The number of aryl methyl sites for hydroxylation is 1. The van der Waals surface area contributed by atoms with Crippen LogP contribution in [0.4, 0.5) is 48.3 Å². The van der Waals surface area contributed by atoms with Gasteiger partial charge in [0, 0.05) is 17.7 Å². The Bertz CT molecular complexity index is 1870. The van der Waals surface area contributed by atoms with Crippen molar-refractivity contribution in [3.8, 4) is 39.1 Å². The second-order valence-corrected chi connectivity index (χ2v) is 9.62. The molecule has 0 radical (unpaired) electrons. The predicted octanol–water partition coefficient (Wildman–Crippen LogP) is 10.4. The topological polar surface area (TPSA) is 9.23 Å². The molecule has 0 fully saturated rings. The monoisotopic (exact) mass is 624 g/mol. The maximum absolute atomic E-state index is 15.0. The predicted molar refractivity (Wildman–Crippen MR) is 138 cm³/mol. The van der Waals surface area contributed by atoms with Gasteiger partial charge < -0.3 is 4.74 Å². The highest BCUT2D eigenvalue weighted by molar-refractivity contribution is 5.72. The van der Waals surface area contributed by atoms with E-state index in [1.165, 1.54) is 12.1 Å². The van der Waals surface area contributed by atoms with Crippen LogP contribution < -0.4 is 4.74 Å². The first kappa shape index (κ1) is 30.6. The minimum atomic E-state index is -4.92. The molecular weight excluding hydrogens is 609 g/mol. The second-order valence-electron chi connectivity index (χ2n) is 9.62. The van der Waals surface area contributed by atoms with Gasteiger partial charge in [-0.05, 0) is 71.6 Å². The number of alkyl halides is 2. The number of hydrogen-bond donors (Lipinski definition) is 0. The first-order valence-corrected chi connectivity index (χ1v) is 12.4. The average Bonchev–Trinajstić information content (AvgIpc) is 2.89. The van der Waals surface area contributed by atoms with Crippen LogP contribution in [-0.4, -0.2) is 0 Å². The van der Waals surface area contributed by atoms with Crippen LogP contribution in [-0.2, 0) is 6.11 Å². The molecule has 0 aliphatic carbocycles. The number of hydrogen-bond acceptors (Lipinski definition) is 1. The van der Waals surface area contributed by atoms with Crippen LogP contribution in [0.5, 0.6) is 5.75 Å². The molecule has 1 nitrogen and oxygen atoms in total. The van der Waals surface area contributed by atoms with E-state index in [1.807, 2.05) is 0 Å². The van der Waals surface area contributed by atoms with Crippen molar-refractivity contribution >= 4 is 0 Å². The van der Waals surface area contributed by atoms with Crippen LogP contribution in [0.15, 0.2) is 72.8 Å². The molecule has 0 saturated carbocycles. The smallest absolute Gasteiger partial charge is 0.429 e. The minimum Gasteiger partial charge on any atom is -0.429 e. The van der Waals surface area contributed by atoms with E-state index in [0.29, 0.717) is 29.8 Å². The van der Waals surface area contributed by atoms with Crippen molar-refractivity contribution < 1.29 is 53.0 Å². The molecule has 0 spiro atoms. The van der Waals surface area contributed by atoms with E-state index in [-0.39, 0.29) is 35.4 Å². The van der Waals surface area contributed by atoms with E-state index >= 15 is 0 Å². The molecule has 0 heterocycles. The van der Waals surface area contributed by atoms with Crippen molar-refractivity contribution in [1.82, 2.24) is 0 Å². The molecule has 0 amide bonds. The first-order valence-electron chi connectivity index (χ1n) is 12.4. The first-order chi connectivity index (χ1) is 20.7. The van der Waals surface area contributed by atoms with Crippen molar-refractivity contribution in [3.63, 3.8) is 0 Å². The molecule has 0 saturated heterocycles. The molecule has 0 aliphatic rings. The summed E-state index contributed by atoms with van der Waals surface area (Å²) in [4.78, 5) is 0. The molecule has 0 bridgehead atoms. The van der Waals surface area contributed by atoms with Gasteiger partial charge in [-0.1, -0.05) is 18.2 Å². The molecule has 0 aliphatic heterocycles. The summed E-state index contributed by atoms with van der Waals surface area (Å²) < 4.78 is 164. The van der Waals surface area contributed by atoms with Gasteiger partial charge in [0.1, 0.15) is 52.0 Å². The van der Waals surface area contributed by atoms with Gasteiger partial charge >= 0.3 is 6.11 Å². The molecule has 0 aromatic heterocycles. The van der Waals surface area contributed by atoms with Crippen LogP contribution >= 0.6 is 0 Å². The van der Waals surface area contributed by atoms with Crippen LogP contribution in [0.2, 0.25) is 0 Å². The van der Waals surface area contributed by atoms with Gasteiger partial charge in [0.2, 0.25) is 0 Å². The summed E-state index contributed by atoms with van der Waals surface area (Å²) in [6, 6.07) is 7.94. The Labute approximate surface area is 241 Å². The zero-order valence-electron chi connectivity index (χ0n) is 22.0. The molecular formula is C32H15F11O. The molecule has 5 aromatic carbocycles. The third-order valence-electron chi connectivity index (χ3n) is 6.57.